The zero-order chi connectivity index (χ0) is 13.0. The maximum Gasteiger partial charge on any atom is 0.261 e. The summed E-state index contributed by atoms with van der Waals surface area (Å²) in [6.07, 6.45) is 8.30. The summed E-state index contributed by atoms with van der Waals surface area (Å²) in [6, 6.07) is 0.0962. The molecule has 0 aromatic carbocycles. The Balaban J connectivity index is 1.82. The Labute approximate surface area is 121 Å². The fourth-order valence-electron chi connectivity index (χ4n) is 3.13. The predicted molar refractivity (Wildman–Crippen MR) is 80.7 cm³/mol. The first-order chi connectivity index (χ1) is 9.20. The van der Waals surface area contributed by atoms with Crippen LogP contribution in [-0.4, -0.2) is 26.1 Å². The third kappa shape index (κ3) is 1.52. The third-order valence-corrected chi connectivity index (χ3v) is 7.63. The van der Waals surface area contributed by atoms with Gasteiger partial charge in [-0.05, 0) is 36.2 Å². The van der Waals surface area contributed by atoms with E-state index in [0.29, 0.717) is 0 Å². The summed E-state index contributed by atoms with van der Waals surface area (Å²) in [5.41, 5.74) is 3.58. The molecule has 0 spiro atoms. The van der Waals surface area contributed by atoms with Gasteiger partial charge in [0, 0.05) is 5.57 Å². The van der Waals surface area contributed by atoms with Crippen molar-refractivity contribution in [3.05, 3.63) is 21.3 Å². The van der Waals surface area contributed by atoms with E-state index in [4.69, 9.17) is 0 Å². The summed E-state index contributed by atoms with van der Waals surface area (Å²) in [7, 11) is 0. The number of carbonyl (C=O) groups excluding carboxylic acids is 1. The molecule has 0 radical (unpaired) electrons. The van der Waals surface area contributed by atoms with Gasteiger partial charge in [0.05, 0.1) is 3.63 Å². The Hall–Kier alpha value is -1.05. The molecule has 19 heavy (non-hydrogen) atoms. The molecule has 1 saturated heterocycles. The highest BCUT2D eigenvalue weighted by Gasteiger charge is 2.52. The monoisotopic (exact) mass is 370 g/mol. The normalized spacial score (nSPS) is 36.1. The third-order valence-electron chi connectivity index (χ3n) is 4.22. The van der Waals surface area contributed by atoms with Gasteiger partial charge in [-0.25, -0.2) is 0 Å². The molecule has 0 bridgehead atoms. The number of halogens is 1. The van der Waals surface area contributed by atoms with Crippen LogP contribution in [0, 0.1) is 0 Å². The quantitative estimate of drug-likeness (QED) is 0.666. The van der Waals surface area contributed by atoms with E-state index < -0.39 is 5.66 Å². The molecule has 1 amide bonds. The number of nitrogens with one attached hydrogen (secondary N) is 1. The number of hydrogen-bond acceptors (Lipinski definition) is 4. The van der Waals surface area contributed by atoms with Crippen molar-refractivity contribution in [2.75, 3.05) is 0 Å². The SMILES string of the molecule is CC12NN=NC1CCC1=IC3=C(C=CCC3)C(=O)N12. The van der Waals surface area contributed by atoms with Crippen LogP contribution < -0.4 is 5.43 Å². The van der Waals surface area contributed by atoms with Crippen LogP contribution in [-0.2, 0) is 4.79 Å². The maximum absolute atomic E-state index is 12.8. The Kier molecular flexibility index (Phi) is 2.46. The summed E-state index contributed by atoms with van der Waals surface area (Å²) < 4.78 is 2.77. The molecule has 5 nitrogen and oxygen atoms in total. The average molecular weight is 370 g/mol. The van der Waals surface area contributed by atoms with E-state index in [1.165, 1.54) is 7.21 Å². The summed E-state index contributed by atoms with van der Waals surface area (Å²) in [4.78, 5) is 14.8. The second kappa shape index (κ2) is 3.97. The van der Waals surface area contributed by atoms with Crippen LogP contribution in [0.25, 0.3) is 0 Å². The molecule has 2 atom stereocenters. The lowest BCUT2D eigenvalue weighted by Gasteiger charge is -2.46. The van der Waals surface area contributed by atoms with Gasteiger partial charge >= 0.3 is 0 Å². The van der Waals surface area contributed by atoms with Crippen LogP contribution in [0.1, 0.15) is 32.6 Å². The number of carbonyl (C=O) groups is 1. The first-order valence-electron chi connectivity index (χ1n) is 6.62. The lowest BCUT2D eigenvalue weighted by molar-refractivity contribution is -0.128. The molecule has 1 N–H and O–H groups in total. The van der Waals surface area contributed by atoms with Crippen LogP contribution >= 0.6 is 20.7 Å². The van der Waals surface area contributed by atoms with Gasteiger partial charge in [-0.15, -0.1) is 0 Å². The number of fused-ring (bicyclic) bond motifs is 3. The molecule has 4 rings (SSSR count). The smallest absolute Gasteiger partial charge is 0.261 e. The molecule has 4 aliphatic rings. The molecule has 0 aromatic heterocycles. The van der Waals surface area contributed by atoms with Crippen molar-refractivity contribution in [2.45, 2.75) is 44.3 Å². The average Bonchev–Trinajstić information content (AvgIpc) is 2.80. The molecule has 0 saturated carbocycles. The molecule has 3 aliphatic heterocycles. The number of nitrogens with zero attached hydrogens (tertiary/aromatic N) is 3. The number of piperidine rings is 1. The number of hydrogen-bond donors (Lipinski definition) is 1. The highest BCUT2D eigenvalue weighted by molar-refractivity contribution is 14.2. The molecule has 0 aromatic rings. The Morgan fingerprint density at radius 2 is 2.42 bits per heavy atom. The molecule has 100 valence electrons. The van der Waals surface area contributed by atoms with E-state index in [1.807, 2.05) is 11.0 Å². The zero-order valence-electron chi connectivity index (χ0n) is 10.7. The minimum atomic E-state index is -0.436. The molecule has 1 aliphatic carbocycles. The van der Waals surface area contributed by atoms with Gasteiger partial charge in [-0.2, -0.15) is 5.11 Å². The van der Waals surface area contributed by atoms with Gasteiger partial charge in [0.2, 0.25) is 0 Å². The highest BCUT2D eigenvalue weighted by atomic mass is 127. The largest absolute Gasteiger partial charge is 0.280 e. The van der Waals surface area contributed by atoms with Crippen LogP contribution in [0.2, 0.25) is 0 Å². The van der Waals surface area contributed by atoms with Crippen LogP contribution in [0.5, 0.6) is 0 Å². The van der Waals surface area contributed by atoms with Gasteiger partial charge in [-0.3, -0.25) is 15.1 Å². The summed E-state index contributed by atoms with van der Waals surface area (Å²) >= 11 is -0.166. The Morgan fingerprint density at radius 1 is 1.53 bits per heavy atom. The molecule has 3 heterocycles. The predicted octanol–water partition coefficient (Wildman–Crippen LogP) is 2.38. The van der Waals surface area contributed by atoms with Crippen LogP contribution in [0.3, 0.4) is 0 Å². The number of rotatable bonds is 0. The second-order valence-electron chi connectivity index (χ2n) is 5.40. The van der Waals surface area contributed by atoms with Crippen LogP contribution in [0.15, 0.2) is 31.6 Å². The van der Waals surface area contributed by atoms with Crippen molar-refractivity contribution < 1.29 is 4.79 Å². The summed E-state index contributed by atoms with van der Waals surface area (Å²) in [5.74, 6) is 0.152. The van der Waals surface area contributed by atoms with Crippen molar-refractivity contribution in [1.82, 2.24) is 10.3 Å². The summed E-state index contributed by atoms with van der Waals surface area (Å²) in [6.45, 7) is 2.05. The van der Waals surface area contributed by atoms with E-state index >= 15 is 0 Å². The van der Waals surface area contributed by atoms with E-state index in [9.17, 15) is 4.79 Å². The lowest BCUT2D eigenvalue weighted by atomic mass is 9.91. The minimum absolute atomic E-state index is 0.0962. The number of amides is 1. The topological polar surface area (TPSA) is 57.1 Å². The van der Waals surface area contributed by atoms with E-state index in [0.717, 1.165) is 31.3 Å². The van der Waals surface area contributed by atoms with Gasteiger partial charge < -0.3 is 0 Å². The zero-order valence-corrected chi connectivity index (χ0v) is 12.8. The molecule has 2 unspecified atom stereocenters. The van der Waals surface area contributed by atoms with Crippen LogP contribution in [0.4, 0.5) is 0 Å². The van der Waals surface area contributed by atoms with Crippen molar-refractivity contribution in [2.24, 2.45) is 10.3 Å². The molecule has 6 heteroatoms. The first-order valence-corrected chi connectivity index (χ1v) is 8.78. The molecular weight excluding hydrogens is 355 g/mol. The Morgan fingerprint density at radius 3 is 3.32 bits per heavy atom. The summed E-state index contributed by atoms with van der Waals surface area (Å²) in [5, 5.41) is 8.22. The fourth-order valence-corrected chi connectivity index (χ4v) is 6.70. The fraction of sp³-hybridized carbons (Fsp3) is 0.538. The van der Waals surface area contributed by atoms with E-state index in [1.54, 1.807) is 0 Å². The van der Waals surface area contributed by atoms with Gasteiger partial charge in [0.15, 0.2) is 5.66 Å². The van der Waals surface area contributed by atoms with Gasteiger partial charge in [0.1, 0.15) is 6.04 Å². The first kappa shape index (κ1) is 11.7. The second-order valence-corrected chi connectivity index (χ2v) is 8.49. The minimum Gasteiger partial charge on any atom is -0.280 e. The maximum atomic E-state index is 12.8. The standard InChI is InChI=1S/C13H15IN4O/c1-13-10(15-17-16-13)6-7-11-14-9-5-3-2-4-8(9)12(19)18(11)13/h2,4,10H,3,5-7H2,1H3,(H,15,16). The highest BCUT2D eigenvalue weighted by Crippen LogP contribution is 2.43. The Bertz CT molecular complexity index is 591. The lowest BCUT2D eigenvalue weighted by Crippen LogP contribution is -2.66. The number of allylic oxidation sites excluding steroid dienone is 2. The van der Waals surface area contributed by atoms with Gasteiger partial charge in [-0.1, -0.05) is 38.1 Å². The van der Waals surface area contributed by atoms with Crippen molar-refractivity contribution in [3.63, 3.8) is 0 Å². The molecule has 1 fully saturated rings. The van der Waals surface area contributed by atoms with E-state index in [2.05, 4.69) is 28.8 Å². The van der Waals surface area contributed by atoms with Crippen molar-refractivity contribution >= 4 is 30.3 Å². The van der Waals surface area contributed by atoms with Crippen molar-refractivity contribution in [1.29, 1.82) is 0 Å². The van der Waals surface area contributed by atoms with Gasteiger partial charge in [0.25, 0.3) is 5.91 Å². The van der Waals surface area contributed by atoms with E-state index in [-0.39, 0.29) is 32.7 Å². The molecular formula is C13H15IN4O. The van der Waals surface area contributed by atoms with Crippen molar-refractivity contribution in [3.8, 4) is 0 Å².